The standard InChI is InChI=1S/C26H18N2O/c1-2-7-19(8-3-1)26-28-25-22-16-20(11-10-18(22)12-13-23(25)29-26)24-21-9-5-4-6-17(21)14-15-27-24/h1-14,16,27H,15H2. The Hall–Kier alpha value is -3.85. The molecule has 5 aromatic rings. The van der Waals surface area contributed by atoms with Gasteiger partial charge in [-0.25, -0.2) is 4.98 Å². The molecular formula is C26H18N2O. The highest BCUT2D eigenvalue weighted by Gasteiger charge is 2.13. The third-order valence-corrected chi connectivity index (χ3v) is 5.52. The van der Waals surface area contributed by atoms with Gasteiger partial charge in [-0.05, 0) is 40.4 Å². The van der Waals surface area contributed by atoms with Crippen molar-refractivity contribution in [2.24, 2.45) is 0 Å². The fourth-order valence-electron chi connectivity index (χ4n) is 4.09. The maximum Gasteiger partial charge on any atom is 0.227 e. The molecule has 2 heterocycles. The molecule has 0 fully saturated rings. The Morgan fingerprint density at radius 1 is 0.793 bits per heavy atom. The van der Waals surface area contributed by atoms with Crippen molar-refractivity contribution in [3.05, 3.63) is 101 Å². The molecule has 0 aliphatic carbocycles. The molecular weight excluding hydrogens is 356 g/mol. The zero-order valence-corrected chi connectivity index (χ0v) is 15.7. The monoisotopic (exact) mass is 374 g/mol. The van der Waals surface area contributed by atoms with Crippen molar-refractivity contribution in [1.82, 2.24) is 10.3 Å². The summed E-state index contributed by atoms with van der Waals surface area (Å²) in [7, 11) is 0. The van der Waals surface area contributed by atoms with E-state index < -0.39 is 0 Å². The van der Waals surface area contributed by atoms with E-state index in [4.69, 9.17) is 9.40 Å². The molecule has 3 heteroatoms. The molecule has 1 aliphatic heterocycles. The first-order valence-electron chi connectivity index (χ1n) is 9.79. The summed E-state index contributed by atoms with van der Waals surface area (Å²) in [5.74, 6) is 0.655. The summed E-state index contributed by atoms with van der Waals surface area (Å²) in [4.78, 5) is 4.84. The Morgan fingerprint density at radius 3 is 2.55 bits per heavy atom. The van der Waals surface area contributed by atoms with Crippen molar-refractivity contribution >= 4 is 33.6 Å². The van der Waals surface area contributed by atoms with E-state index in [-0.39, 0.29) is 0 Å². The van der Waals surface area contributed by atoms with Crippen molar-refractivity contribution in [2.75, 3.05) is 6.54 Å². The largest absolute Gasteiger partial charge is 0.436 e. The molecule has 0 bridgehead atoms. The quantitative estimate of drug-likeness (QED) is 0.504. The lowest BCUT2D eigenvalue weighted by Crippen LogP contribution is -2.37. The van der Waals surface area contributed by atoms with Crippen LogP contribution in [0.4, 0.5) is 0 Å². The molecule has 1 aromatic heterocycles. The van der Waals surface area contributed by atoms with E-state index in [2.05, 4.69) is 59.9 Å². The number of oxazole rings is 1. The molecule has 0 saturated carbocycles. The minimum absolute atomic E-state index is 0.655. The third-order valence-electron chi connectivity index (χ3n) is 5.52. The van der Waals surface area contributed by atoms with E-state index >= 15 is 0 Å². The predicted octanol–water partition coefficient (Wildman–Crippen LogP) is 4.19. The van der Waals surface area contributed by atoms with Crippen LogP contribution in [0.25, 0.3) is 45.1 Å². The van der Waals surface area contributed by atoms with Gasteiger partial charge in [0.1, 0.15) is 5.52 Å². The summed E-state index contributed by atoms with van der Waals surface area (Å²) >= 11 is 0. The molecule has 3 nitrogen and oxygen atoms in total. The average molecular weight is 374 g/mol. The molecule has 0 saturated heterocycles. The van der Waals surface area contributed by atoms with E-state index in [1.54, 1.807) is 0 Å². The highest BCUT2D eigenvalue weighted by molar-refractivity contribution is 6.05. The van der Waals surface area contributed by atoms with Crippen LogP contribution in [0.2, 0.25) is 0 Å². The summed E-state index contributed by atoms with van der Waals surface area (Å²) in [5, 5.41) is 8.32. The molecule has 6 rings (SSSR count). The molecule has 29 heavy (non-hydrogen) atoms. The number of rotatable bonds is 2. The zero-order valence-electron chi connectivity index (χ0n) is 15.7. The first-order chi connectivity index (χ1) is 14.4. The molecule has 1 N–H and O–H groups in total. The van der Waals surface area contributed by atoms with Crippen LogP contribution in [0.15, 0.2) is 89.3 Å². The van der Waals surface area contributed by atoms with Crippen LogP contribution in [0.1, 0.15) is 5.56 Å². The van der Waals surface area contributed by atoms with Crippen LogP contribution in [0.3, 0.4) is 0 Å². The molecule has 0 spiro atoms. The van der Waals surface area contributed by atoms with Gasteiger partial charge >= 0.3 is 0 Å². The number of nitrogens with one attached hydrogen (secondary N) is 1. The van der Waals surface area contributed by atoms with Crippen molar-refractivity contribution < 1.29 is 4.42 Å². The van der Waals surface area contributed by atoms with E-state index in [1.165, 1.54) is 10.4 Å². The summed E-state index contributed by atoms with van der Waals surface area (Å²) in [5.41, 5.74) is 5.02. The van der Waals surface area contributed by atoms with Gasteiger partial charge in [0.25, 0.3) is 0 Å². The fourth-order valence-corrected chi connectivity index (χ4v) is 4.09. The normalized spacial score (nSPS) is 13.2. The molecule has 0 unspecified atom stereocenters. The molecule has 1 aliphatic rings. The van der Waals surface area contributed by atoms with Gasteiger partial charge in [0.2, 0.25) is 5.89 Å². The van der Waals surface area contributed by atoms with Gasteiger partial charge in [-0.15, -0.1) is 0 Å². The van der Waals surface area contributed by atoms with E-state index in [1.807, 2.05) is 36.4 Å². The lowest BCUT2D eigenvalue weighted by atomic mass is 10.0. The number of benzene rings is 4. The minimum atomic E-state index is 0.655. The van der Waals surface area contributed by atoms with Crippen LogP contribution in [-0.4, -0.2) is 11.5 Å². The number of nitrogens with zero attached hydrogens (tertiary/aromatic N) is 1. The van der Waals surface area contributed by atoms with Gasteiger partial charge < -0.3 is 9.73 Å². The number of aromatic nitrogens is 1. The second kappa shape index (κ2) is 6.35. The number of hydrogen-bond donors (Lipinski definition) is 1. The lowest BCUT2D eigenvalue weighted by Gasteiger charge is -2.15. The lowest BCUT2D eigenvalue weighted by molar-refractivity contribution is 0.620. The average Bonchev–Trinajstić information content (AvgIpc) is 3.24. The zero-order chi connectivity index (χ0) is 19.2. The smallest absolute Gasteiger partial charge is 0.227 e. The fraction of sp³-hybridized carbons (Fsp3) is 0.0385. The van der Waals surface area contributed by atoms with E-state index in [0.717, 1.165) is 45.2 Å². The summed E-state index contributed by atoms with van der Waals surface area (Å²) in [6.45, 7) is 0.830. The predicted molar refractivity (Wildman–Crippen MR) is 118 cm³/mol. The van der Waals surface area contributed by atoms with Crippen LogP contribution in [0.5, 0.6) is 0 Å². The second-order valence-corrected chi connectivity index (χ2v) is 7.28. The topological polar surface area (TPSA) is 38.1 Å². The van der Waals surface area contributed by atoms with Gasteiger partial charge in [0, 0.05) is 28.4 Å². The molecule has 4 aromatic carbocycles. The highest BCUT2D eigenvalue weighted by atomic mass is 16.3. The van der Waals surface area contributed by atoms with Gasteiger partial charge in [-0.1, -0.05) is 66.7 Å². The van der Waals surface area contributed by atoms with Gasteiger partial charge in [-0.2, -0.15) is 0 Å². The van der Waals surface area contributed by atoms with Crippen LogP contribution >= 0.6 is 0 Å². The first-order valence-corrected chi connectivity index (χ1v) is 9.79. The van der Waals surface area contributed by atoms with Gasteiger partial charge in [0.15, 0.2) is 5.58 Å². The Morgan fingerprint density at radius 2 is 1.62 bits per heavy atom. The van der Waals surface area contributed by atoms with Crippen molar-refractivity contribution in [2.45, 2.75) is 0 Å². The van der Waals surface area contributed by atoms with E-state index in [9.17, 15) is 0 Å². The Balaban J connectivity index is 1.60. The molecule has 0 atom stereocenters. The first kappa shape index (κ1) is 16.1. The molecule has 0 amide bonds. The Bertz CT molecular complexity index is 1500. The minimum Gasteiger partial charge on any atom is -0.436 e. The highest BCUT2D eigenvalue weighted by Crippen LogP contribution is 2.31. The van der Waals surface area contributed by atoms with Crippen LogP contribution in [0, 0.1) is 0 Å². The maximum absolute atomic E-state index is 6.07. The SMILES string of the molecule is C1=c2ccccc2=C(c2ccc3ccc4oc(-c5ccccc5)nc4c3c2)NC1. The molecule has 138 valence electrons. The number of fused-ring (bicyclic) bond motifs is 4. The number of hydrogen-bond acceptors (Lipinski definition) is 3. The molecule has 0 radical (unpaired) electrons. The van der Waals surface area contributed by atoms with Crippen LogP contribution < -0.4 is 15.8 Å². The van der Waals surface area contributed by atoms with Crippen molar-refractivity contribution in [3.63, 3.8) is 0 Å². The van der Waals surface area contributed by atoms with Gasteiger partial charge in [0.05, 0.1) is 0 Å². The Labute approximate surface area is 167 Å². The van der Waals surface area contributed by atoms with Crippen molar-refractivity contribution in [1.29, 1.82) is 0 Å². The van der Waals surface area contributed by atoms with Crippen molar-refractivity contribution in [3.8, 4) is 11.5 Å². The van der Waals surface area contributed by atoms with E-state index in [0.29, 0.717) is 5.89 Å². The second-order valence-electron chi connectivity index (χ2n) is 7.28. The Kier molecular flexibility index (Phi) is 3.53. The van der Waals surface area contributed by atoms with Crippen LogP contribution in [-0.2, 0) is 0 Å². The summed E-state index contributed by atoms with van der Waals surface area (Å²) in [6, 6.07) is 29.2. The summed E-state index contributed by atoms with van der Waals surface area (Å²) < 4.78 is 6.07. The van der Waals surface area contributed by atoms with Gasteiger partial charge in [-0.3, -0.25) is 0 Å². The summed E-state index contributed by atoms with van der Waals surface area (Å²) in [6.07, 6.45) is 2.22. The third kappa shape index (κ3) is 2.63. The maximum atomic E-state index is 6.07.